The summed E-state index contributed by atoms with van der Waals surface area (Å²) in [6, 6.07) is 1.62. The lowest BCUT2D eigenvalue weighted by atomic mass is 9.94. The highest BCUT2D eigenvalue weighted by atomic mass is 35.5. The number of ether oxygens (including phenoxy) is 1. The molecule has 0 aromatic heterocycles. The SMILES string of the molecule is ClC1CC2CCC(C1)N2CCCCC1CCOCC1. The highest BCUT2D eigenvalue weighted by Crippen LogP contribution is 2.37. The van der Waals surface area contributed by atoms with Crippen LogP contribution >= 0.6 is 11.6 Å². The van der Waals surface area contributed by atoms with Gasteiger partial charge in [-0.3, -0.25) is 4.90 Å². The van der Waals surface area contributed by atoms with E-state index in [2.05, 4.69) is 4.90 Å². The summed E-state index contributed by atoms with van der Waals surface area (Å²) in [4.78, 5) is 2.78. The Morgan fingerprint density at radius 2 is 1.63 bits per heavy atom. The van der Waals surface area contributed by atoms with Crippen LogP contribution in [0.3, 0.4) is 0 Å². The van der Waals surface area contributed by atoms with Gasteiger partial charge in [-0.2, -0.15) is 0 Å². The van der Waals surface area contributed by atoms with Crippen molar-refractivity contribution in [3.63, 3.8) is 0 Å². The van der Waals surface area contributed by atoms with Gasteiger partial charge < -0.3 is 4.74 Å². The Morgan fingerprint density at radius 1 is 0.947 bits per heavy atom. The van der Waals surface area contributed by atoms with Crippen molar-refractivity contribution in [1.29, 1.82) is 0 Å². The molecule has 3 aliphatic heterocycles. The molecule has 3 saturated heterocycles. The van der Waals surface area contributed by atoms with E-state index in [0.717, 1.165) is 31.2 Å². The Kier molecular flexibility index (Phi) is 5.05. The summed E-state index contributed by atoms with van der Waals surface area (Å²) in [5, 5.41) is 0.455. The lowest BCUT2D eigenvalue weighted by Crippen LogP contribution is -2.43. The fraction of sp³-hybridized carbons (Fsp3) is 1.00. The molecule has 3 aliphatic rings. The van der Waals surface area contributed by atoms with E-state index in [4.69, 9.17) is 16.3 Å². The number of fused-ring (bicyclic) bond motifs is 2. The molecule has 2 unspecified atom stereocenters. The standard InChI is InChI=1S/C16H28ClNO/c17-14-11-15-4-5-16(12-14)18(15)8-2-1-3-13-6-9-19-10-7-13/h13-16H,1-12H2. The summed E-state index contributed by atoms with van der Waals surface area (Å²) in [6.45, 7) is 3.32. The zero-order valence-electron chi connectivity index (χ0n) is 12.0. The van der Waals surface area contributed by atoms with Gasteiger partial charge in [0.2, 0.25) is 0 Å². The van der Waals surface area contributed by atoms with E-state index in [1.165, 1.54) is 64.3 Å². The monoisotopic (exact) mass is 285 g/mol. The van der Waals surface area contributed by atoms with Crippen molar-refractivity contribution in [3.8, 4) is 0 Å². The zero-order chi connectivity index (χ0) is 13.1. The molecule has 3 heteroatoms. The van der Waals surface area contributed by atoms with Crippen LogP contribution in [0.5, 0.6) is 0 Å². The largest absolute Gasteiger partial charge is 0.381 e. The number of alkyl halides is 1. The first-order chi connectivity index (χ1) is 9.33. The minimum absolute atomic E-state index is 0.455. The molecule has 0 aliphatic carbocycles. The van der Waals surface area contributed by atoms with Gasteiger partial charge in [-0.1, -0.05) is 12.8 Å². The highest BCUT2D eigenvalue weighted by molar-refractivity contribution is 6.20. The minimum Gasteiger partial charge on any atom is -0.381 e. The van der Waals surface area contributed by atoms with E-state index >= 15 is 0 Å². The van der Waals surface area contributed by atoms with Crippen LogP contribution in [0, 0.1) is 5.92 Å². The van der Waals surface area contributed by atoms with Gasteiger partial charge >= 0.3 is 0 Å². The van der Waals surface area contributed by atoms with Crippen LogP contribution in [0.2, 0.25) is 0 Å². The lowest BCUT2D eigenvalue weighted by molar-refractivity contribution is 0.0624. The molecular formula is C16H28ClNO. The van der Waals surface area contributed by atoms with Crippen molar-refractivity contribution < 1.29 is 4.74 Å². The first kappa shape index (κ1) is 14.2. The lowest BCUT2D eigenvalue weighted by Gasteiger charge is -2.37. The van der Waals surface area contributed by atoms with E-state index < -0.39 is 0 Å². The molecule has 19 heavy (non-hydrogen) atoms. The summed E-state index contributed by atoms with van der Waals surface area (Å²) in [7, 11) is 0. The van der Waals surface area contributed by atoms with Crippen LogP contribution in [0.25, 0.3) is 0 Å². The maximum Gasteiger partial charge on any atom is 0.0468 e. The molecule has 2 atom stereocenters. The molecule has 0 spiro atoms. The molecule has 2 bridgehead atoms. The van der Waals surface area contributed by atoms with Crippen LogP contribution < -0.4 is 0 Å². The summed E-state index contributed by atoms with van der Waals surface area (Å²) in [5.74, 6) is 0.944. The van der Waals surface area contributed by atoms with Gasteiger partial charge in [0.1, 0.15) is 0 Å². The first-order valence-electron chi connectivity index (χ1n) is 8.30. The summed E-state index contributed by atoms with van der Waals surface area (Å²) in [5.41, 5.74) is 0. The molecule has 110 valence electrons. The molecule has 3 fully saturated rings. The first-order valence-corrected chi connectivity index (χ1v) is 8.74. The van der Waals surface area contributed by atoms with Crippen molar-refractivity contribution in [2.24, 2.45) is 5.92 Å². The Balaban J connectivity index is 1.34. The van der Waals surface area contributed by atoms with E-state index in [-0.39, 0.29) is 0 Å². The smallest absolute Gasteiger partial charge is 0.0468 e. The number of nitrogens with zero attached hydrogens (tertiary/aromatic N) is 1. The normalized spacial score (nSPS) is 36.8. The number of unbranched alkanes of at least 4 members (excludes halogenated alkanes) is 1. The van der Waals surface area contributed by atoms with Crippen LogP contribution in [0.1, 0.15) is 57.8 Å². The van der Waals surface area contributed by atoms with Crippen molar-refractivity contribution >= 4 is 11.6 Å². The summed E-state index contributed by atoms with van der Waals surface area (Å²) >= 11 is 6.34. The zero-order valence-corrected chi connectivity index (χ0v) is 12.8. The van der Waals surface area contributed by atoms with Crippen LogP contribution in [0.15, 0.2) is 0 Å². The third-order valence-electron chi connectivity index (χ3n) is 5.45. The molecule has 0 radical (unpaired) electrons. The topological polar surface area (TPSA) is 12.5 Å². The van der Waals surface area contributed by atoms with Gasteiger partial charge in [0.25, 0.3) is 0 Å². The Bertz CT molecular complexity index is 266. The van der Waals surface area contributed by atoms with E-state index in [9.17, 15) is 0 Å². The summed E-state index contributed by atoms with van der Waals surface area (Å²) < 4.78 is 5.43. The van der Waals surface area contributed by atoms with Gasteiger partial charge in [-0.25, -0.2) is 0 Å². The fourth-order valence-corrected chi connectivity index (χ4v) is 4.75. The third-order valence-corrected chi connectivity index (χ3v) is 5.80. The predicted octanol–water partition coefficient (Wildman–Crippen LogP) is 3.82. The second kappa shape index (κ2) is 6.78. The number of piperidine rings is 1. The van der Waals surface area contributed by atoms with Gasteiger partial charge in [0.15, 0.2) is 0 Å². The summed E-state index contributed by atoms with van der Waals surface area (Å²) in [6.07, 6.45) is 12.1. The second-order valence-electron chi connectivity index (χ2n) is 6.74. The van der Waals surface area contributed by atoms with Gasteiger partial charge in [-0.15, -0.1) is 11.6 Å². The quantitative estimate of drug-likeness (QED) is 0.562. The van der Waals surface area contributed by atoms with Gasteiger partial charge in [-0.05, 0) is 57.4 Å². The number of hydrogen-bond acceptors (Lipinski definition) is 2. The molecule has 0 aromatic carbocycles. The van der Waals surface area contributed by atoms with E-state index in [1.807, 2.05) is 0 Å². The molecule has 2 nitrogen and oxygen atoms in total. The van der Waals surface area contributed by atoms with Crippen LogP contribution in [-0.4, -0.2) is 42.1 Å². The molecule has 3 rings (SSSR count). The van der Waals surface area contributed by atoms with E-state index in [0.29, 0.717) is 5.38 Å². The maximum absolute atomic E-state index is 6.34. The van der Waals surface area contributed by atoms with Gasteiger partial charge in [0, 0.05) is 30.7 Å². The van der Waals surface area contributed by atoms with Crippen LogP contribution in [0.4, 0.5) is 0 Å². The average molecular weight is 286 g/mol. The van der Waals surface area contributed by atoms with Crippen LogP contribution in [-0.2, 0) is 4.74 Å². The minimum atomic E-state index is 0.455. The molecule has 0 aromatic rings. The van der Waals surface area contributed by atoms with Crippen molar-refractivity contribution in [3.05, 3.63) is 0 Å². The van der Waals surface area contributed by atoms with Gasteiger partial charge in [0.05, 0.1) is 0 Å². The highest BCUT2D eigenvalue weighted by Gasteiger charge is 2.39. The molecular weight excluding hydrogens is 258 g/mol. The number of halogens is 1. The average Bonchev–Trinajstić information content (AvgIpc) is 2.67. The molecule has 0 amide bonds. The van der Waals surface area contributed by atoms with Crippen molar-refractivity contribution in [2.75, 3.05) is 19.8 Å². The number of hydrogen-bond donors (Lipinski definition) is 0. The fourth-order valence-electron chi connectivity index (χ4n) is 4.34. The molecule has 0 N–H and O–H groups in total. The molecule has 0 saturated carbocycles. The third kappa shape index (κ3) is 3.65. The van der Waals surface area contributed by atoms with E-state index in [1.54, 1.807) is 0 Å². The van der Waals surface area contributed by atoms with Crippen molar-refractivity contribution in [1.82, 2.24) is 4.90 Å². The van der Waals surface area contributed by atoms with Crippen molar-refractivity contribution in [2.45, 2.75) is 75.2 Å². The number of rotatable bonds is 5. The Morgan fingerprint density at radius 3 is 2.32 bits per heavy atom. The molecule has 3 heterocycles. The Labute approximate surface area is 122 Å². The predicted molar refractivity (Wildman–Crippen MR) is 79.8 cm³/mol. The second-order valence-corrected chi connectivity index (χ2v) is 7.36. The maximum atomic E-state index is 6.34. The Hall–Kier alpha value is 0.210.